The third-order valence-electron chi connectivity index (χ3n) is 2.05. The van der Waals surface area contributed by atoms with Crippen LogP contribution in [-0.2, 0) is 4.74 Å². The summed E-state index contributed by atoms with van der Waals surface area (Å²) < 4.78 is 5.18. The molecule has 1 atom stereocenters. The van der Waals surface area contributed by atoms with E-state index in [-0.39, 0.29) is 12.1 Å². The lowest BCUT2D eigenvalue weighted by Crippen LogP contribution is -2.45. The monoisotopic (exact) mass is 157 g/mol. The molecule has 0 spiro atoms. The molecule has 0 aliphatic carbocycles. The lowest BCUT2D eigenvalue weighted by Gasteiger charge is -2.31. The number of hydrogen-bond acceptors (Lipinski definition) is 2. The van der Waals surface area contributed by atoms with E-state index in [4.69, 9.17) is 15.9 Å². The molecule has 1 saturated heterocycles. The maximum absolute atomic E-state index is 7.20. The van der Waals surface area contributed by atoms with Crippen LogP contribution in [0.1, 0.15) is 12.8 Å². The van der Waals surface area contributed by atoms with Gasteiger partial charge in [-0.15, -0.1) is 0 Å². The van der Waals surface area contributed by atoms with Crippen LogP contribution in [-0.4, -0.2) is 37.2 Å². The molecular weight excluding hydrogens is 142 g/mol. The van der Waals surface area contributed by atoms with E-state index in [0.717, 1.165) is 25.9 Å². The molecule has 64 valence electrons. The summed E-state index contributed by atoms with van der Waals surface area (Å²) in [6, 6.07) is 0. The predicted molar refractivity (Wildman–Crippen MR) is 43.5 cm³/mol. The van der Waals surface area contributed by atoms with Gasteiger partial charge in [0.1, 0.15) is 0 Å². The van der Waals surface area contributed by atoms with Gasteiger partial charge in [-0.05, 0) is 12.8 Å². The molecule has 3 N–H and O–H groups in total. The zero-order chi connectivity index (χ0) is 8.27. The van der Waals surface area contributed by atoms with E-state index in [1.54, 1.807) is 7.11 Å². The summed E-state index contributed by atoms with van der Waals surface area (Å²) in [6.07, 6.45) is 2.41. The Balaban J connectivity index is 2.39. The Morgan fingerprint density at radius 1 is 1.73 bits per heavy atom. The van der Waals surface area contributed by atoms with E-state index in [9.17, 15) is 0 Å². The minimum Gasteiger partial charge on any atom is -0.380 e. The van der Waals surface area contributed by atoms with Crippen molar-refractivity contribution in [1.82, 2.24) is 4.90 Å². The Morgan fingerprint density at radius 2 is 2.45 bits per heavy atom. The highest BCUT2D eigenvalue weighted by Gasteiger charge is 2.19. The molecule has 4 nitrogen and oxygen atoms in total. The van der Waals surface area contributed by atoms with Crippen molar-refractivity contribution in [2.24, 2.45) is 5.73 Å². The van der Waals surface area contributed by atoms with Crippen LogP contribution in [0, 0.1) is 5.41 Å². The van der Waals surface area contributed by atoms with Crippen molar-refractivity contribution in [3.05, 3.63) is 0 Å². The van der Waals surface area contributed by atoms with Gasteiger partial charge < -0.3 is 15.4 Å². The summed E-state index contributed by atoms with van der Waals surface area (Å²) in [4.78, 5) is 1.84. The van der Waals surface area contributed by atoms with Crippen molar-refractivity contribution in [3.8, 4) is 0 Å². The molecule has 4 heteroatoms. The first-order chi connectivity index (χ1) is 5.24. The zero-order valence-electron chi connectivity index (χ0n) is 6.84. The van der Waals surface area contributed by atoms with E-state index in [0.29, 0.717) is 0 Å². The summed E-state index contributed by atoms with van der Waals surface area (Å²) in [5, 5.41) is 7.20. The van der Waals surface area contributed by atoms with Crippen molar-refractivity contribution in [1.29, 1.82) is 5.41 Å². The number of methoxy groups -OCH3 is 1. The summed E-state index contributed by atoms with van der Waals surface area (Å²) >= 11 is 0. The van der Waals surface area contributed by atoms with Gasteiger partial charge in [0.2, 0.25) is 0 Å². The summed E-state index contributed by atoms with van der Waals surface area (Å²) in [7, 11) is 1.70. The highest BCUT2D eigenvalue weighted by atomic mass is 16.5. The van der Waals surface area contributed by atoms with Crippen molar-refractivity contribution < 1.29 is 4.74 Å². The normalized spacial score (nSPS) is 25.2. The molecule has 0 saturated carbocycles. The second kappa shape index (κ2) is 3.57. The third-order valence-corrected chi connectivity index (χ3v) is 2.05. The molecule has 11 heavy (non-hydrogen) atoms. The number of piperidine rings is 1. The highest BCUT2D eigenvalue weighted by molar-refractivity contribution is 5.74. The molecule has 1 rings (SSSR count). The summed E-state index contributed by atoms with van der Waals surface area (Å²) in [5.74, 6) is 0.159. The molecule has 0 aromatic carbocycles. The minimum atomic E-state index is 0.159. The van der Waals surface area contributed by atoms with Gasteiger partial charge in [0.05, 0.1) is 6.10 Å². The quantitative estimate of drug-likeness (QED) is 0.415. The highest BCUT2D eigenvalue weighted by Crippen LogP contribution is 2.11. The SMILES string of the molecule is CO[C@H]1CCCN(C(=N)N)C1. The average Bonchev–Trinajstić information content (AvgIpc) is 2.05. The van der Waals surface area contributed by atoms with Crippen LogP contribution in [0.15, 0.2) is 0 Å². The second-order valence-corrected chi connectivity index (χ2v) is 2.83. The average molecular weight is 157 g/mol. The van der Waals surface area contributed by atoms with Crippen molar-refractivity contribution in [2.45, 2.75) is 18.9 Å². The van der Waals surface area contributed by atoms with Gasteiger partial charge in [0.15, 0.2) is 5.96 Å². The number of ether oxygens (including phenoxy) is 1. The smallest absolute Gasteiger partial charge is 0.188 e. The molecule has 0 aromatic rings. The molecule has 0 aromatic heterocycles. The Hall–Kier alpha value is -0.770. The van der Waals surface area contributed by atoms with Gasteiger partial charge in [0.25, 0.3) is 0 Å². The van der Waals surface area contributed by atoms with E-state index >= 15 is 0 Å². The molecule has 0 unspecified atom stereocenters. The van der Waals surface area contributed by atoms with Gasteiger partial charge in [-0.25, -0.2) is 0 Å². The van der Waals surface area contributed by atoms with Crippen LogP contribution < -0.4 is 5.73 Å². The second-order valence-electron chi connectivity index (χ2n) is 2.83. The van der Waals surface area contributed by atoms with E-state index in [2.05, 4.69) is 0 Å². The Morgan fingerprint density at radius 3 is 3.00 bits per heavy atom. The number of guanidine groups is 1. The van der Waals surface area contributed by atoms with Gasteiger partial charge in [0, 0.05) is 20.2 Å². The lowest BCUT2D eigenvalue weighted by molar-refractivity contribution is 0.0530. The Kier molecular flexibility index (Phi) is 2.70. The number of nitrogens with zero attached hydrogens (tertiary/aromatic N) is 1. The summed E-state index contributed by atoms with van der Waals surface area (Å²) in [5.41, 5.74) is 5.34. The Bertz CT molecular complexity index is 149. The van der Waals surface area contributed by atoms with Crippen LogP contribution in [0.3, 0.4) is 0 Å². The maximum atomic E-state index is 7.20. The molecule has 1 aliphatic rings. The fourth-order valence-corrected chi connectivity index (χ4v) is 1.35. The van der Waals surface area contributed by atoms with Gasteiger partial charge in [-0.2, -0.15) is 0 Å². The third kappa shape index (κ3) is 2.08. The van der Waals surface area contributed by atoms with E-state index < -0.39 is 0 Å². The number of hydrogen-bond donors (Lipinski definition) is 2. The predicted octanol–water partition coefficient (Wildman–Crippen LogP) is -0.00933. The van der Waals surface area contributed by atoms with Crippen LogP contribution in [0.4, 0.5) is 0 Å². The molecule has 1 fully saturated rings. The van der Waals surface area contributed by atoms with Crippen molar-refractivity contribution in [2.75, 3.05) is 20.2 Å². The van der Waals surface area contributed by atoms with Crippen LogP contribution in [0.5, 0.6) is 0 Å². The van der Waals surface area contributed by atoms with Crippen molar-refractivity contribution >= 4 is 5.96 Å². The van der Waals surface area contributed by atoms with Crippen molar-refractivity contribution in [3.63, 3.8) is 0 Å². The first-order valence-corrected chi connectivity index (χ1v) is 3.86. The first-order valence-electron chi connectivity index (χ1n) is 3.86. The zero-order valence-corrected chi connectivity index (χ0v) is 6.84. The maximum Gasteiger partial charge on any atom is 0.188 e. The van der Waals surface area contributed by atoms with E-state index in [1.165, 1.54) is 0 Å². The topological polar surface area (TPSA) is 62.3 Å². The number of rotatable bonds is 1. The fraction of sp³-hybridized carbons (Fsp3) is 0.857. The number of likely N-dealkylation sites (tertiary alicyclic amines) is 1. The van der Waals surface area contributed by atoms with Gasteiger partial charge >= 0.3 is 0 Å². The number of nitrogens with two attached hydrogens (primary N) is 1. The standard InChI is InChI=1S/C7H15N3O/c1-11-6-3-2-4-10(5-6)7(8)9/h6H,2-5H2,1H3,(H3,8,9)/t6-/m0/s1. The molecule has 0 bridgehead atoms. The van der Waals surface area contributed by atoms with Gasteiger partial charge in [-0.3, -0.25) is 5.41 Å². The summed E-state index contributed by atoms with van der Waals surface area (Å²) in [6.45, 7) is 1.67. The Labute approximate surface area is 66.8 Å². The largest absolute Gasteiger partial charge is 0.380 e. The van der Waals surface area contributed by atoms with Crippen LogP contribution in [0.2, 0.25) is 0 Å². The molecule has 0 amide bonds. The molecular formula is C7H15N3O. The minimum absolute atomic E-state index is 0.159. The number of nitrogens with one attached hydrogen (secondary N) is 1. The van der Waals surface area contributed by atoms with E-state index in [1.807, 2.05) is 4.90 Å². The molecule has 1 aliphatic heterocycles. The van der Waals surface area contributed by atoms with Gasteiger partial charge in [-0.1, -0.05) is 0 Å². The molecule has 1 heterocycles. The fourth-order valence-electron chi connectivity index (χ4n) is 1.35. The van der Waals surface area contributed by atoms with Crippen LogP contribution >= 0.6 is 0 Å². The molecule has 0 radical (unpaired) electrons. The first kappa shape index (κ1) is 8.33. The van der Waals surface area contributed by atoms with Crippen LogP contribution in [0.25, 0.3) is 0 Å². The lowest BCUT2D eigenvalue weighted by atomic mass is 10.1.